The summed E-state index contributed by atoms with van der Waals surface area (Å²) in [5, 5.41) is 8.67. The number of aliphatic carboxylic acids is 1. The summed E-state index contributed by atoms with van der Waals surface area (Å²) in [7, 11) is 0. The fourth-order valence-electron chi connectivity index (χ4n) is 2.47. The van der Waals surface area contributed by atoms with Crippen LogP contribution in [-0.2, 0) is 9.59 Å². The molecule has 0 heterocycles. The van der Waals surface area contributed by atoms with Gasteiger partial charge in [0, 0.05) is 19.0 Å². The van der Waals surface area contributed by atoms with Crippen LogP contribution in [0.3, 0.4) is 0 Å². The normalized spacial score (nSPS) is 20.1. The number of halogens is 2. The van der Waals surface area contributed by atoms with Gasteiger partial charge in [-0.3, -0.25) is 9.59 Å². The third kappa shape index (κ3) is 3.56. The first-order chi connectivity index (χ1) is 9.93. The van der Waals surface area contributed by atoms with Gasteiger partial charge in [0.1, 0.15) is 0 Å². The largest absolute Gasteiger partial charge is 0.481 e. The molecule has 1 aromatic rings. The molecule has 2 rings (SSSR count). The van der Waals surface area contributed by atoms with Crippen molar-refractivity contribution in [2.45, 2.75) is 25.7 Å². The van der Waals surface area contributed by atoms with Crippen LogP contribution in [0.25, 0.3) is 0 Å². The second-order valence-electron chi connectivity index (χ2n) is 5.18. The first-order valence-corrected chi connectivity index (χ1v) is 6.89. The van der Waals surface area contributed by atoms with Gasteiger partial charge in [-0.1, -0.05) is 6.07 Å². The summed E-state index contributed by atoms with van der Waals surface area (Å²) in [6.45, 7) is 2.40. The van der Waals surface area contributed by atoms with E-state index in [1.165, 1.54) is 11.0 Å². The minimum atomic E-state index is -0.950. The molecule has 0 aromatic heterocycles. The highest BCUT2D eigenvalue weighted by atomic mass is 19.2. The smallest absolute Gasteiger partial charge is 0.305 e. The van der Waals surface area contributed by atoms with Crippen molar-refractivity contribution in [3.63, 3.8) is 0 Å². The Bertz CT molecular complexity index is 562. The van der Waals surface area contributed by atoms with Crippen molar-refractivity contribution in [2.24, 2.45) is 5.92 Å². The zero-order valence-corrected chi connectivity index (χ0v) is 11.7. The number of hydrogen-bond donors (Lipinski definition) is 1. The Kier molecular flexibility index (Phi) is 4.55. The molecule has 0 spiro atoms. The second-order valence-corrected chi connectivity index (χ2v) is 5.18. The van der Waals surface area contributed by atoms with E-state index in [1.54, 1.807) is 6.92 Å². The van der Waals surface area contributed by atoms with Crippen LogP contribution in [0.4, 0.5) is 8.78 Å². The maximum Gasteiger partial charge on any atom is 0.305 e. The summed E-state index contributed by atoms with van der Waals surface area (Å²) < 4.78 is 26.1. The van der Waals surface area contributed by atoms with Gasteiger partial charge in [-0.15, -0.1) is 0 Å². The van der Waals surface area contributed by atoms with Gasteiger partial charge < -0.3 is 10.0 Å². The Labute approximate surface area is 121 Å². The Morgan fingerprint density at radius 3 is 2.62 bits per heavy atom. The van der Waals surface area contributed by atoms with Crippen molar-refractivity contribution in [3.8, 4) is 0 Å². The van der Waals surface area contributed by atoms with Crippen molar-refractivity contribution in [3.05, 3.63) is 35.4 Å². The van der Waals surface area contributed by atoms with Crippen LogP contribution in [0.1, 0.15) is 31.2 Å². The number of rotatable bonds is 6. The summed E-state index contributed by atoms with van der Waals surface area (Å²) in [5.41, 5.74) is 0.613. The summed E-state index contributed by atoms with van der Waals surface area (Å²) in [6.07, 6.45) is 0.496. The van der Waals surface area contributed by atoms with Gasteiger partial charge in [0.25, 0.3) is 0 Å². The van der Waals surface area contributed by atoms with Crippen LogP contribution in [0, 0.1) is 17.6 Å². The topological polar surface area (TPSA) is 57.6 Å². The summed E-state index contributed by atoms with van der Waals surface area (Å²) in [5.74, 6) is -3.25. The SMILES string of the molecule is CCN(CCC(=O)O)C(=O)C1CC1c1ccc(F)c(F)c1. The monoisotopic (exact) mass is 297 g/mol. The third-order valence-corrected chi connectivity index (χ3v) is 3.77. The first kappa shape index (κ1) is 15.4. The molecule has 1 aliphatic rings. The highest BCUT2D eigenvalue weighted by Crippen LogP contribution is 2.48. The van der Waals surface area contributed by atoms with E-state index in [9.17, 15) is 18.4 Å². The minimum Gasteiger partial charge on any atom is -0.481 e. The Balaban J connectivity index is 1.99. The number of nitrogens with zero attached hydrogens (tertiary/aromatic N) is 1. The molecule has 0 radical (unpaired) electrons. The molecule has 2 unspecified atom stereocenters. The molecule has 1 fully saturated rings. The van der Waals surface area contributed by atoms with E-state index in [0.717, 1.165) is 12.1 Å². The molecule has 1 aliphatic carbocycles. The molecule has 0 aliphatic heterocycles. The fourth-order valence-corrected chi connectivity index (χ4v) is 2.47. The van der Waals surface area contributed by atoms with Crippen molar-refractivity contribution >= 4 is 11.9 Å². The molecule has 0 saturated heterocycles. The van der Waals surface area contributed by atoms with Crippen LogP contribution in [0.2, 0.25) is 0 Å². The van der Waals surface area contributed by atoms with E-state index >= 15 is 0 Å². The molecule has 6 heteroatoms. The van der Waals surface area contributed by atoms with Gasteiger partial charge >= 0.3 is 5.97 Å². The minimum absolute atomic E-state index is 0.0951. The van der Waals surface area contributed by atoms with Crippen molar-refractivity contribution in [1.29, 1.82) is 0 Å². The molecular weight excluding hydrogens is 280 g/mol. The predicted octanol–water partition coefficient (Wildman–Crippen LogP) is 2.39. The lowest BCUT2D eigenvalue weighted by Gasteiger charge is -2.20. The number of carbonyl (C=O) groups is 2. The zero-order chi connectivity index (χ0) is 15.6. The molecule has 1 amide bonds. The second kappa shape index (κ2) is 6.20. The Morgan fingerprint density at radius 2 is 2.05 bits per heavy atom. The van der Waals surface area contributed by atoms with Gasteiger partial charge in [-0.05, 0) is 37.0 Å². The van der Waals surface area contributed by atoms with E-state index in [4.69, 9.17) is 5.11 Å². The van der Waals surface area contributed by atoms with Gasteiger partial charge in [0.15, 0.2) is 11.6 Å². The molecule has 1 N–H and O–H groups in total. The molecule has 1 aromatic carbocycles. The predicted molar refractivity (Wildman–Crippen MR) is 71.7 cm³/mol. The van der Waals surface area contributed by atoms with Gasteiger partial charge in [-0.2, -0.15) is 0 Å². The van der Waals surface area contributed by atoms with E-state index in [2.05, 4.69) is 0 Å². The molecule has 21 heavy (non-hydrogen) atoms. The molecular formula is C15H17F2NO3. The summed E-state index contributed by atoms with van der Waals surface area (Å²) in [6, 6.07) is 3.68. The molecule has 0 bridgehead atoms. The lowest BCUT2D eigenvalue weighted by atomic mass is 10.1. The quantitative estimate of drug-likeness (QED) is 0.877. The van der Waals surface area contributed by atoms with Crippen LogP contribution < -0.4 is 0 Å². The van der Waals surface area contributed by atoms with Gasteiger partial charge in [0.05, 0.1) is 6.42 Å². The standard InChI is InChI=1S/C15H17F2NO3/c1-2-18(6-5-14(19)20)15(21)11-8-10(11)9-3-4-12(16)13(17)7-9/h3-4,7,10-11H,2,5-6,8H2,1H3,(H,19,20). The Morgan fingerprint density at radius 1 is 1.33 bits per heavy atom. The number of benzene rings is 1. The number of carbonyl (C=O) groups excluding carboxylic acids is 1. The van der Waals surface area contributed by atoms with E-state index in [1.807, 2.05) is 0 Å². The van der Waals surface area contributed by atoms with Crippen molar-refractivity contribution in [1.82, 2.24) is 4.90 Å². The summed E-state index contributed by atoms with van der Waals surface area (Å²) in [4.78, 5) is 24.3. The maximum atomic E-state index is 13.2. The highest BCUT2D eigenvalue weighted by Gasteiger charge is 2.45. The first-order valence-electron chi connectivity index (χ1n) is 6.89. The van der Waals surface area contributed by atoms with Crippen LogP contribution in [0.15, 0.2) is 18.2 Å². The van der Waals surface area contributed by atoms with E-state index in [0.29, 0.717) is 18.5 Å². The molecule has 1 saturated carbocycles. The van der Waals surface area contributed by atoms with Crippen LogP contribution >= 0.6 is 0 Å². The lowest BCUT2D eigenvalue weighted by molar-refractivity contribution is -0.138. The van der Waals surface area contributed by atoms with Crippen LogP contribution in [-0.4, -0.2) is 35.0 Å². The maximum absolute atomic E-state index is 13.2. The van der Waals surface area contributed by atoms with Gasteiger partial charge in [0.2, 0.25) is 5.91 Å². The third-order valence-electron chi connectivity index (χ3n) is 3.77. The van der Waals surface area contributed by atoms with E-state index in [-0.39, 0.29) is 30.7 Å². The zero-order valence-electron chi connectivity index (χ0n) is 11.7. The average Bonchev–Trinajstić information content (AvgIpc) is 3.22. The highest BCUT2D eigenvalue weighted by molar-refractivity contribution is 5.83. The van der Waals surface area contributed by atoms with Crippen molar-refractivity contribution in [2.75, 3.05) is 13.1 Å². The number of amides is 1. The number of carboxylic acid groups (broad SMARTS) is 1. The number of carboxylic acids is 1. The Hall–Kier alpha value is -1.98. The van der Waals surface area contributed by atoms with Gasteiger partial charge in [-0.25, -0.2) is 8.78 Å². The van der Waals surface area contributed by atoms with Crippen LogP contribution in [0.5, 0.6) is 0 Å². The number of hydrogen-bond acceptors (Lipinski definition) is 2. The van der Waals surface area contributed by atoms with Crippen molar-refractivity contribution < 1.29 is 23.5 Å². The van der Waals surface area contributed by atoms with E-state index < -0.39 is 17.6 Å². The molecule has 114 valence electrons. The molecule has 4 nitrogen and oxygen atoms in total. The average molecular weight is 297 g/mol. The fraction of sp³-hybridized carbons (Fsp3) is 0.467. The summed E-state index contributed by atoms with van der Waals surface area (Å²) >= 11 is 0. The molecule has 2 atom stereocenters. The lowest BCUT2D eigenvalue weighted by Crippen LogP contribution is -2.34.